The van der Waals surface area contributed by atoms with Crippen LogP contribution in [0.5, 0.6) is 0 Å². The molecule has 0 bridgehead atoms. The van der Waals surface area contributed by atoms with E-state index >= 15 is 0 Å². The summed E-state index contributed by atoms with van der Waals surface area (Å²) in [7, 11) is 0. The number of carbonyl (C=O) groups is 2. The van der Waals surface area contributed by atoms with Crippen molar-refractivity contribution in [1.82, 2.24) is 5.32 Å². The molecule has 134 valence electrons. The molecule has 7 heteroatoms. The van der Waals surface area contributed by atoms with Gasteiger partial charge in [0.1, 0.15) is 17.2 Å². The van der Waals surface area contributed by atoms with Gasteiger partial charge in [-0.1, -0.05) is 0 Å². The molecule has 3 rings (SSSR count). The first-order valence-corrected chi connectivity index (χ1v) is 8.01. The highest BCUT2D eigenvalue weighted by Gasteiger charge is 2.19. The van der Waals surface area contributed by atoms with Crippen LogP contribution >= 0.6 is 0 Å². The van der Waals surface area contributed by atoms with E-state index in [0.29, 0.717) is 28.0 Å². The van der Waals surface area contributed by atoms with Gasteiger partial charge in [-0.2, -0.15) is 0 Å². The van der Waals surface area contributed by atoms with E-state index in [0.717, 1.165) is 5.56 Å². The van der Waals surface area contributed by atoms with E-state index < -0.39 is 18.0 Å². The van der Waals surface area contributed by atoms with Crippen molar-refractivity contribution >= 4 is 28.6 Å². The number of furan rings is 1. The molecule has 0 radical (unpaired) electrons. The van der Waals surface area contributed by atoms with Crippen LogP contribution in [0, 0.1) is 12.7 Å². The van der Waals surface area contributed by atoms with Gasteiger partial charge >= 0.3 is 6.03 Å². The summed E-state index contributed by atoms with van der Waals surface area (Å²) in [5, 5.41) is 6.11. The van der Waals surface area contributed by atoms with Crippen LogP contribution in [0.25, 0.3) is 11.0 Å². The molecule has 3 aromatic rings. The van der Waals surface area contributed by atoms with Crippen LogP contribution in [-0.4, -0.2) is 11.9 Å². The van der Waals surface area contributed by atoms with Crippen molar-refractivity contribution in [3.8, 4) is 0 Å². The third kappa shape index (κ3) is 3.51. The van der Waals surface area contributed by atoms with Gasteiger partial charge in [0.2, 0.25) is 5.91 Å². The second-order valence-corrected chi connectivity index (χ2v) is 5.99. The van der Waals surface area contributed by atoms with Crippen molar-refractivity contribution in [3.63, 3.8) is 0 Å². The SMILES string of the molecule is Cc1c([C@H](C)NC(=O)Nc2ccc(C(N)=O)cc2)oc2ccc(F)cc12. The number of fused-ring (bicyclic) bond motifs is 1. The molecule has 4 N–H and O–H groups in total. The summed E-state index contributed by atoms with van der Waals surface area (Å²) in [5.41, 5.74) is 7.39. The minimum atomic E-state index is -0.536. The van der Waals surface area contributed by atoms with Crippen molar-refractivity contribution in [2.75, 3.05) is 5.32 Å². The Labute approximate surface area is 149 Å². The highest BCUT2D eigenvalue weighted by molar-refractivity contribution is 5.94. The molecule has 0 aliphatic carbocycles. The zero-order valence-corrected chi connectivity index (χ0v) is 14.3. The number of hydrogen-bond acceptors (Lipinski definition) is 3. The van der Waals surface area contributed by atoms with Crippen molar-refractivity contribution in [2.45, 2.75) is 19.9 Å². The van der Waals surface area contributed by atoms with Gasteiger partial charge in [-0.05, 0) is 56.3 Å². The molecule has 0 unspecified atom stereocenters. The van der Waals surface area contributed by atoms with Crippen LogP contribution in [0.1, 0.15) is 34.6 Å². The molecule has 0 fully saturated rings. The maximum Gasteiger partial charge on any atom is 0.319 e. The minimum absolute atomic E-state index is 0.342. The second-order valence-electron chi connectivity index (χ2n) is 5.99. The van der Waals surface area contributed by atoms with E-state index in [2.05, 4.69) is 10.6 Å². The van der Waals surface area contributed by atoms with Crippen molar-refractivity contribution < 1.29 is 18.4 Å². The molecule has 26 heavy (non-hydrogen) atoms. The third-order valence-electron chi connectivity index (χ3n) is 4.10. The number of rotatable bonds is 4. The molecule has 1 heterocycles. The lowest BCUT2D eigenvalue weighted by Crippen LogP contribution is -2.31. The van der Waals surface area contributed by atoms with E-state index in [1.165, 1.54) is 24.3 Å². The first-order chi connectivity index (χ1) is 12.3. The van der Waals surface area contributed by atoms with E-state index in [1.54, 1.807) is 25.1 Å². The number of primary amides is 1. The van der Waals surface area contributed by atoms with E-state index in [4.69, 9.17) is 10.2 Å². The number of urea groups is 1. The molecule has 0 saturated heterocycles. The normalized spacial score (nSPS) is 12.0. The minimum Gasteiger partial charge on any atom is -0.459 e. The highest BCUT2D eigenvalue weighted by Crippen LogP contribution is 2.29. The summed E-state index contributed by atoms with van der Waals surface area (Å²) in [4.78, 5) is 23.2. The Hall–Kier alpha value is -3.35. The summed E-state index contributed by atoms with van der Waals surface area (Å²) < 4.78 is 19.2. The van der Waals surface area contributed by atoms with Gasteiger partial charge < -0.3 is 20.8 Å². The Kier molecular flexibility index (Phi) is 4.62. The Bertz CT molecular complexity index is 980. The number of halogens is 1. The van der Waals surface area contributed by atoms with Crippen LogP contribution < -0.4 is 16.4 Å². The molecular weight excluding hydrogens is 337 g/mol. The quantitative estimate of drug-likeness (QED) is 0.663. The summed E-state index contributed by atoms with van der Waals surface area (Å²) in [6.07, 6.45) is 0. The predicted molar refractivity (Wildman–Crippen MR) is 96.4 cm³/mol. The zero-order valence-electron chi connectivity index (χ0n) is 14.3. The lowest BCUT2D eigenvalue weighted by Gasteiger charge is -2.13. The molecule has 0 spiro atoms. The molecule has 0 saturated carbocycles. The average Bonchev–Trinajstić information content (AvgIpc) is 2.92. The topological polar surface area (TPSA) is 97.4 Å². The largest absolute Gasteiger partial charge is 0.459 e. The summed E-state index contributed by atoms with van der Waals surface area (Å²) in [5.74, 6) is -0.318. The fourth-order valence-electron chi connectivity index (χ4n) is 2.77. The highest BCUT2D eigenvalue weighted by atomic mass is 19.1. The Balaban J connectivity index is 1.71. The smallest absolute Gasteiger partial charge is 0.319 e. The molecule has 0 aliphatic heterocycles. The molecule has 6 nitrogen and oxygen atoms in total. The number of nitrogens with one attached hydrogen (secondary N) is 2. The first-order valence-electron chi connectivity index (χ1n) is 8.01. The van der Waals surface area contributed by atoms with E-state index in [9.17, 15) is 14.0 Å². The lowest BCUT2D eigenvalue weighted by atomic mass is 10.1. The molecule has 1 aromatic heterocycles. The van der Waals surface area contributed by atoms with Crippen LogP contribution in [0.4, 0.5) is 14.9 Å². The Morgan fingerprint density at radius 3 is 2.50 bits per heavy atom. The lowest BCUT2D eigenvalue weighted by molar-refractivity contribution is 0.100. The number of amides is 3. The van der Waals surface area contributed by atoms with Gasteiger partial charge in [0, 0.05) is 22.2 Å². The Morgan fingerprint density at radius 1 is 1.15 bits per heavy atom. The number of benzene rings is 2. The number of hydrogen-bond donors (Lipinski definition) is 3. The van der Waals surface area contributed by atoms with Crippen molar-refractivity contribution in [1.29, 1.82) is 0 Å². The van der Waals surface area contributed by atoms with Crippen LogP contribution in [0.2, 0.25) is 0 Å². The standard InChI is InChI=1S/C19H18FN3O3/c1-10-15-9-13(20)5-8-16(15)26-17(10)11(2)22-19(25)23-14-6-3-12(4-7-14)18(21)24/h3-9,11H,1-2H3,(H2,21,24)(H2,22,23,25)/t11-/m0/s1. The molecule has 0 aliphatic rings. The van der Waals surface area contributed by atoms with Gasteiger partial charge in [0.05, 0.1) is 6.04 Å². The first kappa shape index (κ1) is 17.5. The second kappa shape index (κ2) is 6.87. The fraction of sp³-hybridized carbons (Fsp3) is 0.158. The number of anilines is 1. The molecule has 2 aromatic carbocycles. The van der Waals surface area contributed by atoms with Crippen molar-refractivity contribution in [3.05, 3.63) is 65.2 Å². The van der Waals surface area contributed by atoms with Crippen LogP contribution in [0.15, 0.2) is 46.9 Å². The maximum absolute atomic E-state index is 13.4. The van der Waals surface area contributed by atoms with Gasteiger partial charge in [-0.15, -0.1) is 0 Å². The number of carbonyl (C=O) groups excluding carboxylic acids is 2. The number of aryl methyl sites for hydroxylation is 1. The average molecular weight is 355 g/mol. The molecule has 1 atom stereocenters. The zero-order chi connectivity index (χ0) is 18.8. The van der Waals surface area contributed by atoms with Crippen LogP contribution in [0.3, 0.4) is 0 Å². The summed E-state index contributed by atoms with van der Waals surface area (Å²) in [6, 6.07) is 9.66. The van der Waals surface area contributed by atoms with E-state index in [-0.39, 0.29) is 5.82 Å². The van der Waals surface area contributed by atoms with Crippen molar-refractivity contribution in [2.24, 2.45) is 5.73 Å². The summed E-state index contributed by atoms with van der Waals surface area (Å²) >= 11 is 0. The van der Waals surface area contributed by atoms with E-state index in [1.807, 2.05) is 6.92 Å². The summed E-state index contributed by atoms with van der Waals surface area (Å²) in [6.45, 7) is 3.59. The van der Waals surface area contributed by atoms with Gasteiger partial charge in [-0.3, -0.25) is 4.79 Å². The number of nitrogens with two attached hydrogens (primary N) is 1. The maximum atomic E-state index is 13.4. The van der Waals surface area contributed by atoms with Gasteiger partial charge in [-0.25, -0.2) is 9.18 Å². The molecular formula is C19H18FN3O3. The van der Waals surface area contributed by atoms with Gasteiger partial charge in [0.15, 0.2) is 0 Å². The Morgan fingerprint density at radius 2 is 1.85 bits per heavy atom. The fourth-order valence-corrected chi connectivity index (χ4v) is 2.77. The predicted octanol–water partition coefficient (Wildman–Crippen LogP) is 3.86. The van der Waals surface area contributed by atoms with Crippen LogP contribution in [-0.2, 0) is 0 Å². The monoisotopic (exact) mass is 355 g/mol. The molecule has 3 amide bonds. The third-order valence-corrected chi connectivity index (χ3v) is 4.10. The van der Waals surface area contributed by atoms with Gasteiger partial charge in [0.25, 0.3) is 0 Å².